The summed E-state index contributed by atoms with van der Waals surface area (Å²) < 4.78 is 5.30. The first-order valence-electron chi connectivity index (χ1n) is 7.03. The Balaban J connectivity index is 2.09. The monoisotopic (exact) mass is 314 g/mol. The molecule has 0 unspecified atom stereocenters. The van der Waals surface area contributed by atoms with Crippen molar-refractivity contribution in [1.82, 2.24) is 10.3 Å². The normalized spacial score (nSPS) is 17.0. The summed E-state index contributed by atoms with van der Waals surface area (Å²) in [6.07, 6.45) is 0. The predicted molar refractivity (Wildman–Crippen MR) is 82.7 cm³/mol. The van der Waals surface area contributed by atoms with E-state index in [4.69, 9.17) is 10.5 Å². The summed E-state index contributed by atoms with van der Waals surface area (Å²) in [5.41, 5.74) is 5.86. The van der Waals surface area contributed by atoms with Crippen LogP contribution in [-0.4, -0.2) is 54.9 Å². The number of morpholine rings is 1. The molecule has 0 aliphatic carbocycles. The molecule has 7 nitrogen and oxygen atoms in total. The summed E-state index contributed by atoms with van der Waals surface area (Å²) in [6.45, 7) is 6.59. The molecule has 1 atom stereocenters. The summed E-state index contributed by atoms with van der Waals surface area (Å²) in [5.74, 6) is 0.100. The number of nitrogens with zero attached hydrogens (tertiary/aromatic N) is 2. The zero-order chi connectivity index (χ0) is 15.4. The number of aliphatic hydroxyl groups is 1. The molecule has 0 saturated carbocycles. The predicted octanol–water partition coefficient (Wildman–Crippen LogP) is 0.309. The first kappa shape index (κ1) is 16.0. The lowest BCUT2D eigenvalue weighted by atomic mass is 10.1. The van der Waals surface area contributed by atoms with Crippen LogP contribution in [0.3, 0.4) is 0 Å². The molecule has 0 radical (unpaired) electrons. The number of carbonyl (C=O) groups is 1. The summed E-state index contributed by atoms with van der Waals surface area (Å²) in [5, 5.41) is 12.8. The van der Waals surface area contributed by atoms with Crippen LogP contribution in [0.4, 0.5) is 10.9 Å². The fourth-order valence-corrected chi connectivity index (χ4v) is 2.97. The van der Waals surface area contributed by atoms with E-state index < -0.39 is 0 Å². The number of nitrogen functional groups attached to an aromatic ring is 1. The molecule has 2 heterocycles. The lowest BCUT2D eigenvalue weighted by Gasteiger charge is -2.25. The molecule has 21 heavy (non-hydrogen) atoms. The standard InChI is InChI=1S/C13H22N4O3S/c1-8(2)9(7-18)15-12(19)10-11(14)16-13(21-10)17-3-5-20-6-4-17/h8-9,18H,3-7,14H2,1-2H3,(H,15,19)/t9-/m1/s1. The third-order valence-electron chi connectivity index (χ3n) is 3.45. The van der Waals surface area contributed by atoms with Crippen molar-refractivity contribution in [3.05, 3.63) is 4.88 Å². The minimum Gasteiger partial charge on any atom is -0.394 e. The Bertz CT molecular complexity index is 486. The van der Waals surface area contributed by atoms with Gasteiger partial charge in [0, 0.05) is 13.1 Å². The van der Waals surface area contributed by atoms with Crippen LogP contribution in [0.5, 0.6) is 0 Å². The molecule has 118 valence electrons. The van der Waals surface area contributed by atoms with Gasteiger partial charge in [0.05, 0.1) is 25.9 Å². The summed E-state index contributed by atoms with van der Waals surface area (Å²) >= 11 is 1.28. The third-order valence-corrected chi connectivity index (χ3v) is 4.58. The van der Waals surface area contributed by atoms with E-state index in [1.165, 1.54) is 11.3 Å². The lowest BCUT2D eigenvalue weighted by Crippen LogP contribution is -2.41. The van der Waals surface area contributed by atoms with Gasteiger partial charge in [0.15, 0.2) is 5.13 Å². The van der Waals surface area contributed by atoms with Gasteiger partial charge in [-0.05, 0) is 5.92 Å². The number of amides is 1. The number of aliphatic hydroxyl groups excluding tert-OH is 1. The van der Waals surface area contributed by atoms with Crippen molar-refractivity contribution in [3.63, 3.8) is 0 Å². The maximum absolute atomic E-state index is 12.3. The van der Waals surface area contributed by atoms with E-state index in [1.54, 1.807) is 0 Å². The highest BCUT2D eigenvalue weighted by molar-refractivity contribution is 7.18. The van der Waals surface area contributed by atoms with Gasteiger partial charge in [0.1, 0.15) is 10.7 Å². The number of nitrogens with two attached hydrogens (primary N) is 1. The summed E-state index contributed by atoms with van der Waals surface area (Å²) in [4.78, 5) is 19.0. The summed E-state index contributed by atoms with van der Waals surface area (Å²) in [7, 11) is 0. The highest BCUT2D eigenvalue weighted by Gasteiger charge is 2.23. The second kappa shape index (κ2) is 7.06. The number of anilines is 2. The molecule has 0 spiro atoms. The van der Waals surface area contributed by atoms with Crippen molar-refractivity contribution >= 4 is 28.2 Å². The molecule has 1 aliphatic rings. The van der Waals surface area contributed by atoms with Gasteiger partial charge in [-0.2, -0.15) is 0 Å². The molecule has 4 N–H and O–H groups in total. The Morgan fingerprint density at radius 2 is 2.19 bits per heavy atom. The number of aromatic nitrogens is 1. The third kappa shape index (κ3) is 3.84. The van der Waals surface area contributed by atoms with Crippen molar-refractivity contribution in [2.75, 3.05) is 43.5 Å². The van der Waals surface area contributed by atoms with Crippen LogP contribution < -0.4 is 16.0 Å². The van der Waals surface area contributed by atoms with Crippen LogP contribution in [0, 0.1) is 5.92 Å². The SMILES string of the molecule is CC(C)[C@@H](CO)NC(=O)c1sc(N2CCOCC2)nc1N. The number of hydrogen-bond acceptors (Lipinski definition) is 7. The number of ether oxygens (including phenoxy) is 1. The van der Waals surface area contributed by atoms with E-state index in [0.29, 0.717) is 18.1 Å². The topological polar surface area (TPSA) is 101 Å². The number of thiazole rings is 1. The van der Waals surface area contributed by atoms with E-state index in [0.717, 1.165) is 18.2 Å². The van der Waals surface area contributed by atoms with Crippen molar-refractivity contribution in [2.45, 2.75) is 19.9 Å². The Morgan fingerprint density at radius 1 is 1.52 bits per heavy atom. The van der Waals surface area contributed by atoms with Crippen LogP contribution in [0.25, 0.3) is 0 Å². The minimum absolute atomic E-state index is 0.0988. The zero-order valence-electron chi connectivity index (χ0n) is 12.3. The zero-order valence-corrected chi connectivity index (χ0v) is 13.2. The molecule has 0 aromatic carbocycles. The number of nitrogens with one attached hydrogen (secondary N) is 1. The lowest BCUT2D eigenvalue weighted by molar-refractivity contribution is 0.0901. The van der Waals surface area contributed by atoms with Gasteiger partial charge in [-0.15, -0.1) is 0 Å². The van der Waals surface area contributed by atoms with Crippen molar-refractivity contribution < 1.29 is 14.6 Å². The number of carbonyl (C=O) groups excluding carboxylic acids is 1. The Kier molecular flexibility index (Phi) is 5.38. The molecule has 0 bridgehead atoms. The highest BCUT2D eigenvalue weighted by atomic mass is 32.1. The Hall–Kier alpha value is -1.38. The van der Waals surface area contributed by atoms with Crippen LogP contribution in [0.1, 0.15) is 23.5 Å². The largest absolute Gasteiger partial charge is 0.394 e. The van der Waals surface area contributed by atoms with Gasteiger partial charge >= 0.3 is 0 Å². The molecule has 1 aromatic rings. The maximum atomic E-state index is 12.3. The molecule has 1 aromatic heterocycles. The molecular formula is C13H22N4O3S. The van der Waals surface area contributed by atoms with E-state index in [1.807, 2.05) is 13.8 Å². The van der Waals surface area contributed by atoms with Crippen LogP contribution in [-0.2, 0) is 4.74 Å². The van der Waals surface area contributed by atoms with Crippen LogP contribution in [0.2, 0.25) is 0 Å². The van der Waals surface area contributed by atoms with Gasteiger partial charge in [-0.25, -0.2) is 4.98 Å². The van der Waals surface area contributed by atoms with Crippen molar-refractivity contribution in [3.8, 4) is 0 Å². The average Bonchev–Trinajstić information content (AvgIpc) is 2.87. The van der Waals surface area contributed by atoms with Crippen LogP contribution in [0.15, 0.2) is 0 Å². The molecule has 8 heteroatoms. The number of rotatable bonds is 5. The van der Waals surface area contributed by atoms with Gasteiger partial charge in [0.2, 0.25) is 0 Å². The van der Waals surface area contributed by atoms with Gasteiger partial charge in [-0.1, -0.05) is 25.2 Å². The van der Waals surface area contributed by atoms with Crippen LogP contribution >= 0.6 is 11.3 Å². The second-order valence-corrected chi connectivity index (χ2v) is 6.29. The molecule has 1 fully saturated rings. The highest BCUT2D eigenvalue weighted by Crippen LogP contribution is 2.28. The molecule has 2 rings (SSSR count). The van der Waals surface area contributed by atoms with E-state index in [2.05, 4.69) is 15.2 Å². The Labute approximate surface area is 128 Å². The molecule has 1 amide bonds. The summed E-state index contributed by atoms with van der Waals surface area (Å²) in [6, 6.07) is -0.286. The van der Waals surface area contributed by atoms with E-state index in [9.17, 15) is 9.90 Å². The first-order valence-corrected chi connectivity index (χ1v) is 7.85. The smallest absolute Gasteiger partial charge is 0.265 e. The van der Waals surface area contributed by atoms with E-state index >= 15 is 0 Å². The molecule has 1 saturated heterocycles. The van der Waals surface area contributed by atoms with Crippen molar-refractivity contribution in [2.24, 2.45) is 5.92 Å². The quantitative estimate of drug-likeness (QED) is 0.723. The van der Waals surface area contributed by atoms with Gasteiger partial charge in [0.25, 0.3) is 5.91 Å². The van der Waals surface area contributed by atoms with Gasteiger partial charge in [-0.3, -0.25) is 4.79 Å². The fraction of sp³-hybridized carbons (Fsp3) is 0.692. The average molecular weight is 314 g/mol. The first-order chi connectivity index (χ1) is 10.0. The molecule has 1 aliphatic heterocycles. The second-order valence-electron chi connectivity index (χ2n) is 5.32. The fourth-order valence-electron chi connectivity index (χ4n) is 2.03. The minimum atomic E-state index is -0.286. The Morgan fingerprint density at radius 3 is 2.76 bits per heavy atom. The molecular weight excluding hydrogens is 292 g/mol. The van der Waals surface area contributed by atoms with Gasteiger partial charge < -0.3 is 25.8 Å². The van der Waals surface area contributed by atoms with E-state index in [-0.39, 0.29) is 30.3 Å². The van der Waals surface area contributed by atoms with Crippen molar-refractivity contribution in [1.29, 1.82) is 0 Å². The maximum Gasteiger partial charge on any atom is 0.265 e. The number of hydrogen-bond donors (Lipinski definition) is 3.